The lowest BCUT2D eigenvalue weighted by molar-refractivity contribution is -0.130. The van der Waals surface area contributed by atoms with Crippen molar-refractivity contribution >= 4 is 40.6 Å². The summed E-state index contributed by atoms with van der Waals surface area (Å²) in [5.41, 5.74) is 3.22. The minimum absolute atomic E-state index is 0.0705. The summed E-state index contributed by atoms with van der Waals surface area (Å²) in [5, 5.41) is 20.8. The molecular formula is C36H36N6O5S2. The number of thiophene rings is 1. The summed E-state index contributed by atoms with van der Waals surface area (Å²) in [6.07, 6.45) is 1.25. The number of rotatable bonds is 14. The van der Waals surface area contributed by atoms with Gasteiger partial charge in [0, 0.05) is 18.5 Å². The molecule has 1 aliphatic rings. The largest absolute Gasteiger partial charge is 0.496 e. The molecule has 49 heavy (non-hydrogen) atoms. The second-order valence-corrected chi connectivity index (χ2v) is 12.9. The number of para-hydroxylation sites is 2. The maximum absolute atomic E-state index is 14.0. The molecule has 2 amide bonds. The molecule has 13 heteroatoms. The molecular weight excluding hydrogens is 661 g/mol. The molecule has 252 valence electrons. The minimum Gasteiger partial charge on any atom is -0.496 e. The Bertz CT molecular complexity index is 1930. The SMILES string of the molecule is COc1ccccc1C(=O)NCc1nnc(SCC(=O)N2N=C(c3cccs3)C[C@H]2c2cccc(OC)c2OC)n1CCc1ccccc1. The van der Waals surface area contributed by atoms with Crippen LogP contribution in [-0.4, -0.2) is 64.4 Å². The van der Waals surface area contributed by atoms with Gasteiger partial charge >= 0.3 is 0 Å². The highest BCUT2D eigenvalue weighted by molar-refractivity contribution is 7.99. The van der Waals surface area contributed by atoms with Gasteiger partial charge in [-0.1, -0.05) is 72.4 Å². The van der Waals surface area contributed by atoms with Crippen LogP contribution in [0.15, 0.2) is 101 Å². The fourth-order valence-corrected chi connectivity index (χ4v) is 7.25. The third-order valence-corrected chi connectivity index (χ3v) is 9.98. The predicted octanol–water partition coefficient (Wildman–Crippen LogP) is 6.01. The Hall–Kier alpha value is -5.14. The van der Waals surface area contributed by atoms with E-state index in [0.717, 1.165) is 21.7 Å². The van der Waals surface area contributed by atoms with Crippen molar-refractivity contribution in [3.8, 4) is 17.2 Å². The van der Waals surface area contributed by atoms with E-state index >= 15 is 0 Å². The summed E-state index contributed by atoms with van der Waals surface area (Å²) in [6, 6.07) is 26.4. The highest BCUT2D eigenvalue weighted by Gasteiger charge is 2.36. The van der Waals surface area contributed by atoms with Crippen molar-refractivity contribution in [1.82, 2.24) is 25.1 Å². The lowest BCUT2D eigenvalue weighted by Crippen LogP contribution is -2.29. The first-order chi connectivity index (χ1) is 24.0. The second-order valence-electron chi connectivity index (χ2n) is 11.0. The standard InChI is InChI=1S/C36H36N6O5S2/c1-45-29-15-8-7-13-26(29)35(44)37-22-32-38-39-36(41(32)19-18-24-11-5-4-6-12-24)49-23-33(43)42-28(21-27(40-42)31-17-10-20-48-31)25-14-9-16-30(46-2)34(25)47-3/h4-17,20,28H,18-19,21-23H2,1-3H3,(H,37,44)/t28-/m0/s1. The summed E-state index contributed by atoms with van der Waals surface area (Å²) in [6.45, 7) is 0.701. The van der Waals surface area contributed by atoms with Gasteiger partial charge in [0.1, 0.15) is 5.75 Å². The van der Waals surface area contributed by atoms with Crippen molar-refractivity contribution in [1.29, 1.82) is 0 Å². The average Bonchev–Trinajstić information content (AvgIpc) is 3.92. The minimum atomic E-state index is -0.382. The van der Waals surface area contributed by atoms with E-state index in [1.807, 2.05) is 64.5 Å². The Labute approximate surface area is 292 Å². The topological polar surface area (TPSA) is 120 Å². The van der Waals surface area contributed by atoms with E-state index in [-0.39, 0.29) is 30.2 Å². The van der Waals surface area contributed by atoms with Crippen molar-refractivity contribution in [3.05, 3.63) is 118 Å². The Morgan fingerprint density at radius 1 is 0.898 bits per heavy atom. The molecule has 11 nitrogen and oxygen atoms in total. The van der Waals surface area contributed by atoms with Gasteiger partial charge in [-0.05, 0) is 41.6 Å². The van der Waals surface area contributed by atoms with E-state index in [2.05, 4.69) is 27.6 Å². The molecule has 0 saturated heterocycles. The first-order valence-electron chi connectivity index (χ1n) is 15.6. The van der Waals surface area contributed by atoms with Gasteiger partial charge in [0.2, 0.25) is 0 Å². The number of hydrogen-bond donors (Lipinski definition) is 1. The maximum atomic E-state index is 14.0. The summed E-state index contributed by atoms with van der Waals surface area (Å²) < 4.78 is 18.6. The van der Waals surface area contributed by atoms with Gasteiger partial charge in [-0.3, -0.25) is 9.59 Å². The van der Waals surface area contributed by atoms with E-state index in [9.17, 15) is 9.59 Å². The lowest BCUT2D eigenvalue weighted by atomic mass is 9.99. The van der Waals surface area contributed by atoms with Gasteiger partial charge in [0.25, 0.3) is 11.8 Å². The molecule has 1 N–H and O–H groups in total. The van der Waals surface area contributed by atoms with Crippen molar-refractivity contribution in [2.45, 2.75) is 37.1 Å². The Morgan fingerprint density at radius 2 is 1.67 bits per heavy atom. The number of aromatic nitrogens is 3. The molecule has 0 bridgehead atoms. The molecule has 5 aromatic rings. The molecule has 0 saturated carbocycles. The third kappa shape index (κ3) is 7.63. The molecule has 0 unspecified atom stereocenters. The van der Waals surface area contributed by atoms with Crippen molar-refractivity contribution < 1.29 is 23.8 Å². The molecule has 0 spiro atoms. The number of ether oxygens (including phenoxy) is 3. The van der Waals surface area contributed by atoms with Gasteiger partial charge in [-0.15, -0.1) is 21.5 Å². The third-order valence-electron chi connectivity index (χ3n) is 8.11. The van der Waals surface area contributed by atoms with Crippen molar-refractivity contribution in [2.75, 3.05) is 27.1 Å². The van der Waals surface area contributed by atoms with E-state index in [1.54, 1.807) is 48.8 Å². The number of hydrogen-bond acceptors (Lipinski definition) is 10. The quantitative estimate of drug-likeness (QED) is 0.140. The smallest absolute Gasteiger partial charge is 0.255 e. The number of aryl methyl sites for hydroxylation is 1. The number of carbonyl (C=O) groups is 2. The summed E-state index contributed by atoms with van der Waals surface area (Å²) in [4.78, 5) is 28.1. The Morgan fingerprint density at radius 3 is 2.43 bits per heavy atom. The lowest BCUT2D eigenvalue weighted by Gasteiger charge is -2.24. The van der Waals surface area contributed by atoms with Crippen LogP contribution in [0, 0.1) is 0 Å². The highest BCUT2D eigenvalue weighted by Crippen LogP contribution is 2.42. The second kappa shape index (κ2) is 15.8. The Balaban J connectivity index is 1.23. The van der Waals surface area contributed by atoms with Crippen LogP contribution in [0.25, 0.3) is 0 Å². The zero-order valence-electron chi connectivity index (χ0n) is 27.4. The van der Waals surface area contributed by atoms with Gasteiger partial charge in [-0.25, -0.2) is 5.01 Å². The van der Waals surface area contributed by atoms with E-state index in [0.29, 0.717) is 53.2 Å². The van der Waals surface area contributed by atoms with Crippen LogP contribution < -0.4 is 19.5 Å². The number of methoxy groups -OCH3 is 3. The van der Waals surface area contributed by atoms with Crippen molar-refractivity contribution in [3.63, 3.8) is 0 Å². The van der Waals surface area contributed by atoms with Crippen LogP contribution in [0.5, 0.6) is 17.2 Å². The van der Waals surface area contributed by atoms with Gasteiger partial charge in [0.15, 0.2) is 22.5 Å². The molecule has 6 rings (SSSR count). The number of nitrogens with one attached hydrogen (secondary N) is 1. The highest BCUT2D eigenvalue weighted by atomic mass is 32.2. The number of benzene rings is 3. The van der Waals surface area contributed by atoms with Gasteiger partial charge in [-0.2, -0.15) is 5.10 Å². The number of amides is 2. The van der Waals surface area contributed by atoms with Crippen molar-refractivity contribution in [2.24, 2.45) is 5.10 Å². The summed E-state index contributed by atoms with van der Waals surface area (Å²) in [5.74, 6) is 1.82. The number of carbonyl (C=O) groups excluding carboxylic acids is 2. The first kappa shape index (κ1) is 33.7. The molecule has 0 fully saturated rings. The first-order valence-corrected chi connectivity index (χ1v) is 17.5. The normalized spacial score (nSPS) is 14.0. The zero-order valence-corrected chi connectivity index (χ0v) is 29.0. The van der Waals surface area contributed by atoms with E-state index in [1.165, 1.54) is 18.9 Å². The average molecular weight is 697 g/mol. The van der Waals surface area contributed by atoms with E-state index in [4.69, 9.17) is 19.3 Å². The van der Waals surface area contributed by atoms with E-state index < -0.39 is 0 Å². The maximum Gasteiger partial charge on any atom is 0.255 e. The fraction of sp³-hybridized carbons (Fsp3) is 0.250. The monoisotopic (exact) mass is 696 g/mol. The fourth-order valence-electron chi connectivity index (χ4n) is 5.69. The van der Waals surface area contributed by atoms with Crippen LogP contribution in [0.2, 0.25) is 0 Å². The number of thioether (sulfide) groups is 1. The summed E-state index contributed by atoms with van der Waals surface area (Å²) >= 11 is 2.88. The molecule has 0 aliphatic carbocycles. The van der Waals surface area contributed by atoms with Gasteiger partial charge < -0.3 is 24.1 Å². The molecule has 2 aromatic heterocycles. The van der Waals surface area contributed by atoms with Crippen LogP contribution in [-0.2, 0) is 24.3 Å². The predicted molar refractivity (Wildman–Crippen MR) is 190 cm³/mol. The molecule has 3 heterocycles. The molecule has 1 aliphatic heterocycles. The molecule has 0 radical (unpaired) electrons. The Kier molecular flexibility index (Phi) is 10.9. The van der Waals surface area contributed by atoms with Crippen LogP contribution in [0.3, 0.4) is 0 Å². The van der Waals surface area contributed by atoms with Gasteiger partial charge in [0.05, 0.1) is 55.8 Å². The van der Waals surface area contributed by atoms with Crippen LogP contribution in [0.1, 0.15) is 44.6 Å². The summed E-state index contributed by atoms with van der Waals surface area (Å²) in [7, 11) is 4.72. The van der Waals surface area contributed by atoms with Crippen LogP contribution >= 0.6 is 23.1 Å². The van der Waals surface area contributed by atoms with Crippen LogP contribution in [0.4, 0.5) is 0 Å². The molecule has 1 atom stereocenters. The number of hydrazone groups is 1. The number of nitrogens with zero attached hydrogens (tertiary/aromatic N) is 5. The molecule has 3 aromatic carbocycles. The zero-order chi connectivity index (χ0) is 34.2.